The maximum Gasteiger partial charge on any atom is 0.289 e. The van der Waals surface area contributed by atoms with E-state index < -0.39 is 4.92 Å². The van der Waals surface area contributed by atoms with Crippen molar-refractivity contribution in [2.75, 3.05) is 5.32 Å². The van der Waals surface area contributed by atoms with Crippen molar-refractivity contribution in [3.8, 4) is 6.07 Å². The summed E-state index contributed by atoms with van der Waals surface area (Å²) in [7, 11) is 0. The van der Waals surface area contributed by atoms with Gasteiger partial charge in [-0.2, -0.15) is 5.26 Å². The molecule has 0 unspecified atom stereocenters. The molecule has 1 aromatic heterocycles. The number of nitrogens with one attached hydrogen (secondary N) is 1. The van der Waals surface area contributed by atoms with Crippen molar-refractivity contribution in [3.05, 3.63) is 27.9 Å². The van der Waals surface area contributed by atoms with Crippen molar-refractivity contribution in [2.45, 2.75) is 33.7 Å². The first-order valence-electron chi connectivity index (χ1n) is 6.03. The molecular weight excluding hydrogens is 244 g/mol. The second kappa shape index (κ2) is 3.92. The van der Waals surface area contributed by atoms with Crippen molar-refractivity contribution in [3.63, 3.8) is 0 Å². The summed E-state index contributed by atoms with van der Waals surface area (Å²) in [5.74, 6) is 0.414. The molecule has 0 aliphatic heterocycles. The van der Waals surface area contributed by atoms with Gasteiger partial charge in [0.05, 0.1) is 4.92 Å². The Kier molecular flexibility index (Phi) is 2.74. The Bertz CT molecular complexity index is 573. The van der Waals surface area contributed by atoms with Crippen LogP contribution < -0.4 is 5.32 Å². The fourth-order valence-corrected chi connectivity index (χ4v) is 2.45. The zero-order chi connectivity index (χ0) is 14.4. The van der Waals surface area contributed by atoms with Crippen molar-refractivity contribution >= 4 is 11.5 Å². The number of anilines is 1. The van der Waals surface area contributed by atoms with Crippen molar-refractivity contribution in [1.82, 2.24) is 4.98 Å². The van der Waals surface area contributed by atoms with Gasteiger partial charge in [-0.25, -0.2) is 4.98 Å². The summed E-state index contributed by atoms with van der Waals surface area (Å²) in [6.45, 7) is 8.56. The number of nitriles is 1. The molecule has 0 bridgehead atoms. The third kappa shape index (κ3) is 1.91. The molecule has 2 rings (SSSR count). The van der Waals surface area contributed by atoms with E-state index in [1.54, 1.807) is 0 Å². The molecule has 1 saturated carbocycles. The average molecular weight is 260 g/mol. The monoisotopic (exact) mass is 260 g/mol. The topological polar surface area (TPSA) is 91.8 Å². The van der Waals surface area contributed by atoms with Crippen LogP contribution in [0.5, 0.6) is 0 Å². The van der Waals surface area contributed by atoms with Crippen LogP contribution in [0.1, 0.15) is 33.3 Å². The zero-order valence-electron chi connectivity index (χ0n) is 11.4. The molecule has 0 aromatic carbocycles. The van der Waals surface area contributed by atoms with E-state index in [0.717, 1.165) is 0 Å². The lowest BCUT2D eigenvalue weighted by atomic mass is 10.0. The third-order valence-electron chi connectivity index (χ3n) is 4.51. The van der Waals surface area contributed by atoms with Crippen LogP contribution in [-0.2, 0) is 0 Å². The maximum atomic E-state index is 10.7. The first-order valence-corrected chi connectivity index (χ1v) is 6.03. The number of rotatable bonds is 3. The largest absolute Gasteiger partial charge is 0.365 e. The molecule has 0 spiro atoms. The molecule has 0 saturated heterocycles. The Balaban J connectivity index is 2.28. The molecule has 19 heavy (non-hydrogen) atoms. The number of nitrogens with zero attached hydrogens (tertiary/aromatic N) is 3. The number of nitro groups is 1. The van der Waals surface area contributed by atoms with Gasteiger partial charge >= 0.3 is 0 Å². The highest BCUT2D eigenvalue weighted by Crippen LogP contribution is 2.63. The lowest BCUT2D eigenvalue weighted by Crippen LogP contribution is -2.12. The highest BCUT2D eigenvalue weighted by Gasteiger charge is 2.65. The van der Waals surface area contributed by atoms with E-state index in [4.69, 9.17) is 5.26 Å². The first kappa shape index (κ1) is 13.3. The minimum Gasteiger partial charge on any atom is -0.365 e. The lowest BCUT2D eigenvalue weighted by Gasteiger charge is -2.08. The standard InChI is InChI=1S/C13H16N4O2/c1-12(2)11(13(12,3)4)16-10-8(6-14)5-9(7-15-10)17(18)19/h5,7,11H,1-4H3,(H,15,16). The van der Waals surface area contributed by atoms with Gasteiger partial charge in [0.25, 0.3) is 5.69 Å². The Morgan fingerprint density at radius 3 is 2.42 bits per heavy atom. The Hall–Kier alpha value is -2.16. The van der Waals surface area contributed by atoms with Crippen LogP contribution in [-0.4, -0.2) is 15.9 Å². The first-order chi connectivity index (χ1) is 8.71. The quantitative estimate of drug-likeness (QED) is 0.666. The molecule has 100 valence electrons. The molecule has 1 aliphatic carbocycles. The number of hydrogen-bond acceptors (Lipinski definition) is 5. The molecular formula is C13H16N4O2. The van der Waals surface area contributed by atoms with Gasteiger partial charge in [0.2, 0.25) is 0 Å². The predicted molar refractivity (Wildman–Crippen MR) is 70.6 cm³/mol. The maximum absolute atomic E-state index is 10.7. The lowest BCUT2D eigenvalue weighted by molar-refractivity contribution is -0.385. The summed E-state index contributed by atoms with van der Waals surface area (Å²) in [5.41, 5.74) is 0.232. The van der Waals surface area contributed by atoms with Crippen molar-refractivity contribution < 1.29 is 4.92 Å². The Morgan fingerprint density at radius 1 is 1.42 bits per heavy atom. The highest BCUT2D eigenvalue weighted by molar-refractivity contribution is 5.57. The number of pyridine rings is 1. The SMILES string of the molecule is CC1(C)C(Nc2ncc([N+](=O)[O-])cc2C#N)C1(C)C. The fourth-order valence-electron chi connectivity index (χ4n) is 2.45. The van der Waals surface area contributed by atoms with E-state index in [9.17, 15) is 10.1 Å². The summed E-state index contributed by atoms with van der Waals surface area (Å²) in [6.07, 6.45) is 1.17. The molecule has 0 atom stereocenters. The van der Waals surface area contributed by atoms with Gasteiger partial charge in [0.15, 0.2) is 0 Å². The van der Waals surface area contributed by atoms with E-state index in [0.29, 0.717) is 5.82 Å². The molecule has 1 aromatic rings. The van der Waals surface area contributed by atoms with Gasteiger partial charge in [0, 0.05) is 12.1 Å². The number of aromatic nitrogens is 1. The van der Waals surface area contributed by atoms with Gasteiger partial charge in [-0.3, -0.25) is 10.1 Å². The summed E-state index contributed by atoms with van der Waals surface area (Å²) < 4.78 is 0. The summed E-state index contributed by atoms with van der Waals surface area (Å²) >= 11 is 0. The second-order valence-electron chi connectivity index (χ2n) is 5.98. The Morgan fingerprint density at radius 2 is 2.00 bits per heavy atom. The summed E-state index contributed by atoms with van der Waals surface area (Å²) in [5, 5.41) is 22.9. The van der Waals surface area contributed by atoms with Crippen molar-refractivity contribution in [2.24, 2.45) is 10.8 Å². The van der Waals surface area contributed by atoms with Crippen LogP contribution in [0.4, 0.5) is 11.5 Å². The van der Waals surface area contributed by atoms with Gasteiger partial charge in [-0.15, -0.1) is 0 Å². The normalized spacial score (nSPS) is 19.5. The molecule has 0 amide bonds. The summed E-state index contributed by atoms with van der Waals surface area (Å²) in [6, 6.07) is 3.39. The molecule has 1 aliphatic rings. The van der Waals surface area contributed by atoms with E-state index >= 15 is 0 Å². The molecule has 6 nitrogen and oxygen atoms in total. The van der Waals surface area contributed by atoms with Crippen molar-refractivity contribution in [1.29, 1.82) is 5.26 Å². The zero-order valence-corrected chi connectivity index (χ0v) is 11.4. The van der Waals surface area contributed by atoms with E-state index in [1.165, 1.54) is 12.3 Å². The van der Waals surface area contributed by atoms with E-state index in [-0.39, 0.29) is 28.1 Å². The van der Waals surface area contributed by atoms with Crippen LogP contribution in [0.2, 0.25) is 0 Å². The molecule has 1 fully saturated rings. The minimum absolute atomic E-state index is 0.100. The second-order valence-corrected chi connectivity index (χ2v) is 5.98. The number of hydrogen-bond donors (Lipinski definition) is 1. The molecule has 6 heteroatoms. The highest BCUT2D eigenvalue weighted by atomic mass is 16.6. The van der Waals surface area contributed by atoms with Gasteiger partial charge < -0.3 is 5.32 Å². The Labute approximate surface area is 111 Å². The van der Waals surface area contributed by atoms with Crippen LogP contribution in [0.25, 0.3) is 0 Å². The van der Waals surface area contributed by atoms with E-state index in [2.05, 4.69) is 38.0 Å². The van der Waals surface area contributed by atoms with Crippen LogP contribution in [0.3, 0.4) is 0 Å². The molecule has 1 heterocycles. The minimum atomic E-state index is -0.553. The van der Waals surface area contributed by atoms with E-state index in [1.807, 2.05) is 6.07 Å². The van der Waals surface area contributed by atoms with Crippen LogP contribution in [0.15, 0.2) is 12.3 Å². The van der Waals surface area contributed by atoms with Crippen LogP contribution in [0, 0.1) is 32.3 Å². The van der Waals surface area contributed by atoms with Crippen LogP contribution >= 0.6 is 0 Å². The summed E-state index contributed by atoms with van der Waals surface area (Å²) in [4.78, 5) is 14.1. The molecule has 1 N–H and O–H groups in total. The third-order valence-corrected chi connectivity index (χ3v) is 4.51. The average Bonchev–Trinajstić information content (AvgIpc) is 2.71. The molecule has 0 radical (unpaired) electrons. The fraction of sp³-hybridized carbons (Fsp3) is 0.538. The van der Waals surface area contributed by atoms with Gasteiger partial charge in [0.1, 0.15) is 23.6 Å². The van der Waals surface area contributed by atoms with Gasteiger partial charge in [-0.05, 0) is 10.8 Å². The predicted octanol–water partition coefficient (Wildman–Crippen LogP) is 2.71. The van der Waals surface area contributed by atoms with Gasteiger partial charge in [-0.1, -0.05) is 27.7 Å². The smallest absolute Gasteiger partial charge is 0.289 e.